The lowest BCUT2D eigenvalue weighted by Crippen LogP contribution is -2.53. The number of anilines is 1. The minimum Gasteiger partial charge on any atom is -0.338 e. The summed E-state index contributed by atoms with van der Waals surface area (Å²) in [6.07, 6.45) is 6.47. The largest absolute Gasteiger partial charge is 0.338 e. The molecule has 9 rings (SSSR count). The third-order valence-corrected chi connectivity index (χ3v) is 14.1. The number of carbonyl (C=O) groups is 4. The van der Waals surface area contributed by atoms with Crippen molar-refractivity contribution in [2.24, 2.45) is 5.92 Å². The molecule has 0 atom stereocenters. The van der Waals surface area contributed by atoms with E-state index in [1.54, 1.807) is 46.5 Å². The maximum Gasteiger partial charge on any atom is 0.274 e. The average molecular weight is 977 g/mol. The summed E-state index contributed by atoms with van der Waals surface area (Å²) in [5.41, 5.74) is 6.23. The van der Waals surface area contributed by atoms with E-state index >= 15 is 4.39 Å². The monoisotopic (exact) mass is 976 g/mol. The molecule has 0 saturated carbocycles. The number of aromatic nitrogens is 5. The Kier molecular flexibility index (Phi) is 15.8. The van der Waals surface area contributed by atoms with Crippen molar-refractivity contribution >= 4 is 40.1 Å². The van der Waals surface area contributed by atoms with Crippen LogP contribution in [0.4, 0.5) is 10.1 Å². The fourth-order valence-electron chi connectivity index (χ4n) is 9.94. The highest BCUT2D eigenvalue weighted by Crippen LogP contribution is 2.28. The van der Waals surface area contributed by atoms with Crippen LogP contribution in [0.15, 0.2) is 96.1 Å². The fourth-order valence-corrected chi connectivity index (χ4v) is 9.94. The Balaban J connectivity index is 0.722. The summed E-state index contributed by atoms with van der Waals surface area (Å²) in [4.78, 5) is 81.3. The lowest BCUT2D eigenvalue weighted by Gasteiger charge is -2.39. The van der Waals surface area contributed by atoms with Gasteiger partial charge in [-0.15, -0.1) is 0 Å². The molecule has 3 fully saturated rings. The van der Waals surface area contributed by atoms with Crippen molar-refractivity contribution in [2.75, 3.05) is 90.4 Å². The van der Waals surface area contributed by atoms with Gasteiger partial charge in [-0.2, -0.15) is 15.3 Å². The van der Waals surface area contributed by atoms with Crippen LogP contribution in [-0.2, 0) is 29.0 Å². The molecule has 3 saturated heterocycles. The zero-order valence-electron chi connectivity index (χ0n) is 40.9. The number of nitrogens with one attached hydrogen (secondary N) is 3. The fraction of sp³-hybridized carbons (Fsp3) is 0.389. The van der Waals surface area contributed by atoms with Crippen molar-refractivity contribution in [1.82, 2.24) is 55.2 Å². The van der Waals surface area contributed by atoms with Crippen LogP contribution in [0.3, 0.4) is 0 Å². The van der Waals surface area contributed by atoms with Gasteiger partial charge in [-0.3, -0.25) is 33.8 Å². The smallest absolute Gasteiger partial charge is 0.274 e. The van der Waals surface area contributed by atoms with E-state index in [2.05, 4.69) is 64.9 Å². The highest BCUT2D eigenvalue weighted by molar-refractivity contribution is 6.03. The van der Waals surface area contributed by atoms with Crippen LogP contribution in [0.25, 0.3) is 21.9 Å². The Morgan fingerprint density at radius 2 is 1.47 bits per heavy atom. The number of nitrogens with zero attached hydrogens (tertiary/aromatic N) is 9. The van der Waals surface area contributed by atoms with Gasteiger partial charge in [0.25, 0.3) is 17.4 Å². The number of H-pyrrole nitrogens is 1. The molecule has 0 spiro atoms. The van der Waals surface area contributed by atoms with Gasteiger partial charge in [0.05, 0.1) is 47.3 Å². The van der Waals surface area contributed by atoms with Gasteiger partial charge in [0, 0.05) is 89.0 Å². The van der Waals surface area contributed by atoms with Gasteiger partial charge in [0.15, 0.2) is 5.69 Å². The quantitative estimate of drug-likeness (QED) is 0.130. The number of benzene rings is 3. The molecular formula is C54H61FN12O5. The number of rotatable bonds is 15. The number of piperazine rings is 2. The SMILES string of the molecule is CCc1cccc(-c2cnc(C(=O)N3CCN(CC4CCN(CC(=O)N5CCN(C(=O)c6cc(Cc7n[nH]c(=O)c8ccccc78)ccc6F)CC5)CC4)CC3)c(NC(=O)CNCc3cnnc(C)c3)c2)c1. The van der Waals surface area contributed by atoms with Gasteiger partial charge < -0.3 is 25.3 Å². The highest BCUT2D eigenvalue weighted by Gasteiger charge is 2.31. The van der Waals surface area contributed by atoms with Crippen molar-refractivity contribution in [2.45, 2.75) is 46.1 Å². The van der Waals surface area contributed by atoms with E-state index in [4.69, 9.17) is 0 Å². The van der Waals surface area contributed by atoms with E-state index in [0.717, 1.165) is 74.4 Å². The van der Waals surface area contributed by atoms with Crippen molar-refractivity contribution in [3.05, 3.63) is 147 Å². The number of aromatic amines is 1. The molecule has 6 heterocycles. The Bertz CT molecular complexity index is 3000. The summed E-state index contributed by atoms with van der Waals surface area (Å²) >= 11 is 0. The van der Waals surface area contributed by atoms with Crippen LogP contribution in [0, 0.1) is 18.7 Å². The molecule has 3 aromatic heterocycles. The molecule has 374 valence electrons. The van der Waals surface area contributed by atoms with E-state index in [9.17, 15) is 24.0 Å². The Morgan fingerprint density at radius 1 is 0.736 bits per heavy atom. The molecule has 17 nitrogen and oxygen atoms in total. The summed E-state index contributed by atoms with van der Waals surface area (Å²) in [7, 11) is 0. The molecule has 3 aromatic carbocycles. The van der Waals surface area contributed by atoms with Crippen molar-refractivity contribution < 1.29 is 23.6 Å². The molecule has 18 heteroatoms. The molecular weight excluding hydrogens is 916 g/mol. The summed E-state index contributed by atoms with van der Waals surface area (Å²) in [6, 6.07) is 23.5. The van der Waals surface area contributed by atoms with Gasteiger partial charge in [0.1, 0.15) is 5.82 Å². The lowest BCUT2D eigenvalue weighted by molar-refractivity contribution is -0.134. The van der Waals surface area contributed by atoms with Crippen LogP contribution >= 0.6 is 0 Å². The summed E-state index contributed by atoms with van der Waals surface area (Å²) in [5.74, 6) is -1.05. The van der Waals surface area contributed by atoms with Gasteiger partial charge in [0.2, 0.25) is 11.8 Å². The number of fused-ring (bicyclic) bond motifs is 1. The maximum atomic E-state index is 15.1. The van der Waals surface area contributed by atoms with E-state index in [1.807, 2.05) is 48.2 Å². The van der Waals surface area contributed by atoms with Crippen molar-refractivity contribution in [3.63, 3.8) is 0 Å². The van der Waals surface area contributed by atoms with Crippen LogP contribution < -0.4 is 16.2 Å². The van der Waals surface area contributed by atoms with Crippen LogP contribution in [0.2, 0.25) is 0 Å². The lowest BCUT2D eigenvalue weighted by atomic mass is 9.96. The highest BCUT2D eigenvalue weighted by atomic mass is 19.1. The summed E-state index contributed by atoms with van der Waals surface area (Å²) < 4.78 is 15.1. The molecule has 6 aromatic rings. The minimum absolute atomic E-state index is 0.0261. The normalized spacial score (nSPS) is 16.0. The first kappa shape index (κ1) is 49.7. The number of pyridine rings is 1. The standard InChI is InChI=1S/C54H61FN12O5/c1-3-37-7-6-8-41(26-37)42-29-48(59-49(68)33-56-30-40-25-36(2)60-58-31-40)51(57-32-42)54(72)67-19-17-64(18-20-67)34-38-13-15-63(16-14-38)35-50(69)65-21-23-66(24-22-65)53(71)45-27-39(11-12-46(45)55)28-47-43-9-4-5-10-44(43)52(70)62-61-47/h4-12,25-27,29,31-32,38,56H,3,13-24,28,30,33-35H2,1-2H3,(H,59,68)(H,62,70). The second-order valence-electron chi connectivity index (χ2n) is 19.1. The summed E-state index contributed by atoms with van der Waals surface area (Å²) in [6.45, 7) is 11.2. The number of piperidine rings is 1. The predicted octanol–water partition coefficient (Wildman–Crippen LogP) is 4.56. The first-order chi connectivity index (χ1) is 35.0. The zero-order valence-corrected chi connectivity index (χ0v) is 40.9. The van der Waals surface area contributed by atoms with E-state index < -0.39 is 11.7 Å². The van der Waals surface area contributed by atoms with Crippen LogP contribution in [0.5, 0.6) is 0 Å². The Labute approximate surface area is 417 Å². The molecule has 0 aliphatic carbocycles. The molecule has 3 aliphatic rings. The first-order valence-electron chi connectivity index (χ1n) is 24.9. The number of aryl methyl sites for hydroxylation is 2. The molecule has 3 aliphatic heterocycles. The van der Waals surface area contributed by atoms with E-state index in [1.165, 1.54) is 11.6 Å². The summed E-state index contributed by atoms with van der Waals surface area (Å²) in [5, 5.41) is 22.1. The molecule has 3 N–H and O–H groups in total. The van der Waals surface area contributed by atoms with Crippen molar-refractivity contribution in [3.8, 4) is 11.1 Å². The zero-order chi connectivity index (χ0) is 50.1. The predicted molar refractivity (Wildman–Crippen MR) is 272 cm³/mol. The average Bonchev–Trinajstić information content (AvgIpc) is 3.40. The number of halogens is 1. The Morgan fingerprint density at radius 3 is 2.24 bits per heavy atom. The second kappa shape index (κ2) is 22.9. The van der Waals surface area contributed by atoms with Crippen molar-refractivity contribution in [1.29, 1.82) is 0 Å². The molecule has 72 heavy (non-hydrogen) atoms. The molecule has 0 bridgehead atoms. The second-order valence-corrected chi connectivity index (χ2v) is 19.1. The van der Waals surface area contributed by atoms with Gasteiger partial charge in [-0.25, -0.2) is 14.5 Å². The topological polar surface area (TPSA) is 193 Å². The third-order valence-electron chi connectivity index (χ3n) is 14.1. The van der Waals surface area contributed by atoms with Gasteiger partial charge in [-0.1, -0.05) is 55.5 Å². The Hall–Kier alpha value is -7.28. The number of likely N-dealkylation sites (tertiary alicyclic amines) is 1. The molecule has 0 radical (unpaired) electrons. The number of carbonyl (C=O) groups excluding carboxylic acids is 4. The van der Waals surface area contributed by atoms with E-state index in [-0.39, 0.29) is 41.1 Å². The van der Waals surface area contributed by atoms with Gasteiger partial charge >= 0.3 is 0 Å². The van der Waals surface area contributed by atoms with Crippen LogP contribution in [-0.4, -0.2) is 159 Å². The third kappa shape index (κ3) is 12.1. The van der Waals surface area contributed by atoms with Crippen LogP contribution in [0.1, 0.15) is 68.7 Å². The molecule has 0 unspecified atom stereocenters. The maximum absolute atomic E-state index is 15.1. The minimum atomic E-state index is -0.611. The number of hydrogen-bond donors (Lipinski definition) is 3. The molecule has 4 amide bonds. The number of amides is 4. The number of hydrogen-bond acceptors (Lipinski definition) is 12. The first-order valence-corrected chi connectivity index (χ1v) is 24.9. The van der Waals surface area contributed by atoms with Gasteiger partial charge in [-0.05, 0) is 97.8 Å². The van der Waals surface area contributed by atoms with E-state index in [0.29, 0.717) is 92.4 Å².